The molecule has 0 aliphatic heterocycles. The largest absolute Gasteiger partial charge is 0.382 e. The van der Waals surface area contributed by atoms with Gasteiger partial charge in [-0.2, -0.15) is 0 Å². The Morgan fingerprint density at radius 3 is 2.86 bits per heavy atom. The van der Waals surface area contributed by atoms with Crippen molar-refractivity contribution < 1.29 is 4.74 Å². The van der Waals surface area contributed by atoms with Gasteiger partial charge in [0.2, 0.25) is 5.95 Å². The van der Waals surface area contributed by atoms with Crippen molar-refractivity contribution in [2.24, 2.45) is 0 Å². The van der Waals surface area contributed by atoms with Crippen LogP contribution in [0.2, 0.25) is 0 Å². The average molecular weight is 417 g/mol. The molecule has 1 heterocycles. The summed E-state index contributed by atoms with van der Waals surface area (Å²) in [6.45, 7) is 6.37. The number of aryl methyl sites for hydroxylation is 1. The highest BCUT2D eigenvalue weighted by Crippen LogP contribution is 2.27. The molecule has 21 heavy (non-hydrogen) atoms. The number of imidazole rings is 1. The molecule has 2 aromatic rings. The minimum atomic E-state index is 0.763. The van der Waals surface area contributed by atoms with E-state index in [4.69, 9.17) is 4.74 Å². The topological polar surface area (TPSA) is 39.1 Å². The van der Waals surface area contributed by atoms with Gasteiger partial charge in [-0.25, -0.2) is 4.98 Å². The van der Waals surface area contributed by atoms with Crippen LogP contribution in [0.5, 0.6) is 0 Å². The second kappa shape index (κ2) is 7.96. The first-order valence-corrected chi connectivity index (χ1v) is 8.53. The second-order valence-electron chi connectivity index (χ2n) is 4.65. The molecule has 114 valence electrons. The maximum atomic E-state index is 5.34. The fraction of sp³-hybridized carbons (Fsp3) is 0.400. The predicted octanol–water partition coefficient (Wildman–Crippen LogP) is 4.54. The van der Waals surface area contributed by atoms with Gasteiger partial charge in [-0.1, -0.05) is 15.9 Å². The van der Waals surface area contributed by atoms with E-state index in [9.17, 15) is 0 Å². The first-order valence-electron chi connectivity index (χ1n) is 6.95. The number of nitrogens with one attached hydrogen (secondary N) is 1. The zero-order chi connectivity index (χ0) is 15.2. The van der Waals surface area contributed by atoms with Crippen LogP contribution in [0.15, 0.2) is 33.3 Å². The third-order valence-corrected chi connectivity index (χ3v) is 4.08. The van der Waals surface area contributed by atoms with Crippen molar-refractivity contribution in [3.05, 3.63) is 39.0 Å². The molecule has 2 rings (SSSR count). The van der Waals surface area contributed by atoms with Gasteiger partial charge in [0.25, 0.3) is 0 Å². The van der Waals surface area contributed by atoms with Crippen molar-refractivity contribution in [3.63, 3.8) is 0 Å². The lowest BCUT2D eigenvalue weighted by molar-refractivity contribution is 0.147. The van der Waals surface area contributed by atoms with E-state index in [0.717, 1.165) is 52.5 Å². The van der Waals surface area contributed by atoms with Crippen molar-refractivity contribution in [1.29, 1.82) is 0 Å². The van der Waals surface area contributed by atoms with Gasteiger partial charge in [-0.05, 0) is 54.4 Å². The summed E-state index contributed by atoms with van der Waals surface area (Å²) in [5.74, 6) is 0.854. The van der Waals surface area contributed by atoms with Crippen LogP contribution in [0.25, 0.3) is 5.69 Å². The molecular formula is C15H19Br2N3O. The van der Waals surface area contributed by atoms with Gasteiger partial charge in [0.1, 0.15) is 0 Å². The number of hydrogen-bond donors (Lipinski definition) is 1. The van der Waals surface area contributed by atoms with E-state index >= 15 is 0 Å². The van der Waals surface area contributed by atoms with Crippen LogP contribution in [0.1, 0.15) is 19.0 Å². The maximum Gasteiger partial charge on any atom is 0.207 e. The van der Waals surface area contributed by atoms with Crippen molar-refractivity contribution >= 4 is 37.8 Å². The molecule has 0 atom stereocenters. The Morgan fingerprint density at radius 2 is 2.14 bits per heavy atom. The van der Waals surface area contributed by atoms with E-state index in [1.54, 1.807) is 0 Å². The summed E-state index contributed by atoms with van der Waals surface area (Å²) in [6.07, 6.45) is 2.99. The fourth-order valence-electron chi connectivity index (χ4n) is 2.00. The first-order chi connectivity index (χ1) is 10.1. The van der Waals surface area contributed by atoms with E-state index in [1.165, 1.54) is 0 Å². The van der Waals surface area contributed by atoms with Crippen LogP contribution in [0.4, 0.5) is 5.95 Å². The van der Waals surface area contributed by atoms with E-state index < -0.39 is 0 Å². The summed E-state index contributed by atoms with van der Waals surface area (Å²) >= 11 is 7.08. The summed E-state index contributed by atoms with van der Waals surface area (Å²) in [6, 6.07) is 6.11. The number of anilines is 1. The molecule has 0 fully saturated rings. The Morgan fingerprint density at radius 1 is 1.33 bits per heavy atom. The molecule has 0 amide bonds. The SMILES string of the molecule is CCOCCCNc1nc(C)cn1-c1ccc(Br)cc1Br. The van der Waals surface area contributed by atoms with Crippen molar-refractivity contribution in [2.45, 2.75) is 20.3 Å². The standard InChI is InChI=1S/C15H19Br2N3O/c1-3-21-8-4-7-18-15-19-11(2)10-20(15)14-6-5-12(16)9-13(14)17/h5-6,9-10H,3-4,7-8H2,1-2H3,(H,18,19). The Balaban J connectivity index is 2.13. The highest BCUT2D eigenvalue weighted by Gasteiger charge is 2.10. The van der Waals surface area contributed by atoms with Gasteiger partial charge in [0.05, 0.1) is 11.4 Å². The van der Waals surface area contributed by atoms with Crippen molar-refractivity contribution in [2.75, 3.05) is 25.1 Å². The second-order valence-corrected chi connectivity index (χ2v) is 6.42. The molecule has 4 nitrogen and oxygen atoms in total. The average Bonchev–Trinajstić information content (AvgIpc) is 2.79. The smallest absolute Gasteiger partial charge is 0.207 e. The zero-order valence-corrected chi connectivity index (χ0v) is 15.4. The van der Waals surface area contributed by atoms with Crippen LogP contribution in [0, 0.1) is 6.92 Å². The Bertz CT molecular complexity index is 599. The molecule has 1 N–H and O–H groups in total. The quantitative estimate of drug-likeness (QED) is 0.673. The monoisotopic (exact) mass is 415 g/mol. The van der Waals surface area contributed by atoms with Crippen LogP contribution in [-0.2, 0) is 4.74 Å². The summed E-state index contributed by atoms with van der Waals surface area (Å²) in [5.41, 5.74) is 2.04. The molecular weight excluding hydrogens is 398 g/mol. The number of nitrogens with zero attached hydrogens (tertiary/aromatic N) is 2. The third kappa shape index (κ3) is 4.56. The highest BCUT2D eigenvalue weighted by atomic mass is 79.9. The minimum Gasteiger partial charge on any atom is -0.382 e. The number of hydrogen-bond acceptors (Lipinski definition) is 3. The van der Waals surface area contributed by atoms with Gasteiger partial charge in [0, 0.05) is 34.9 Å². The molecule has 1 aromatic heterocycles. The van der Waals surface area contributed by atoms with Gasteiger partial charge in [-0.15, -0.1) is 0 Å². The van der Waals surface area contributed by atoms with Crippen LogP contribution in [-0.4, -0.2) is 29.3 Å². The number of ether oxygens (including phenoxy) is 1. The number of rotatable bonds is 7. The van der Waals surface area contributed by atoms with Gasteiger partial charge in [0.15, 0.2) is 0 Å². The summed E-state index contributed by atoms with van der Waals surface area (Å²) in [7, 11) is 0. The summed E-state index contributed by atoms with van der Waals surface area (Å²) in [5, 5.41) is 3.37. The lowest BCUT2D eigenvalue weighted by Gasteiger charge is -2.11. The number of benzene rings is 1. The van der Waals surface area contributed by atoms with Crippen LogP contribution < -0.4 is 5.32 Å². The minimum absolute atomic E-state index is 0.763. The molecule has 0 radical (unpaired) electrons. The number of halogens is 2. The van der Waals surface area contributed by atoms with E-state index in [2.05, 4.69) is 52.8 Å². The molecule has 0 saturated heterocycles. The Kier molecular flexibility index (Phi) is 6.26. The van der Waals surface area contributed by atoms with E-state index in [0.29, 0.717) is 0 Å². The highest BCUT2D eigenvalue weighted by molar-refractivity contribution is 9.11. The first kappa shape index (κ1) is 16.5. The molecule has 0 saturated carbocycles. The summed E-state index contributed by atoms with van der Waals surface area (Å²) < 4.78 is 9.47. The normalized spacial score (nSPS) is 10.9. The molecule has 1 aromatic carbocycles. The van der Waals surface area contributed by atoms with E-state index in [-0.39, 0.29) is 0 Å². The lowest BCUT2D eigenvalue weighted by atomic mass is 10.3. The fourth-order valence-corrected chi connectivity index (χ4v) is 3.24. The maximum absolute atomic E-state index is 5.34. The van der Waals surface area contributed by atoms with Crippen LogP contribution in [0.3, 0.4) is 0 Å². The van der Waals surface area contributed by atoms with Crippen LogP contribution >= 0.6 is 31.9 Å². The predicted molar refractivity (Wildman–Crippen MR) is 93.3 cm³/mol. The van der Waals surface area contributed by atoms with E-state index in [1.807, 2.05) is 32.2 Å². The zero-order valence-electron chi connectivity index (χ0n) is 12.2. The Labute approximate surface area is 142 Å². The molecule has 0 spiro atoms. The summed E-state index contributed by atoms with van der Waals surface area (Å²) in [4.78, 5) is 4.55. The van der Waals surface area contributed by atoms with Gasteiger partial charge < -0.3 is 10.1 Å². The third-order valence-electron chi connectivity index (χ3n) is 2.95. The molecule has 0 aliphatic carbocycles. The molecule has 0 aliphatic rings. The number of aromatic nitrogens is 2. The molecule has 6 heteroatoms. The van der Waals surface area contributed by atoms with Gasteiger partial charge >= 0.3 is 0 Å². The lowest BCUT2D eigenvalue weighted by Crippen LogP contribution is -2.10. The Hall–Kier alpha value is -0.850. The van der Waals surface area contributed by atoms with Crippen molar-refractivity contribution in [1.82, 2.24) is 9.55 Å². The molecule has 0 bridgehead atoms. The van der Waals surface area contributed by atoms with Crippen molar-refractivity contribution in [3.8, 4) is 5.69 Å². The van der Waals surface area contributed by atoms with Gasteiger partial charge in [-0.3, -0.25) is 4.57 Å². The molecule has 0 unspecified atom stereocenters.